The lowest BCUT2D eigenvalue weighted by atomic mass is 10.2. The van der Waals surface area contributed by atoms with Crippen LogP contribution in [0.2, 0.25) is 0 Å². The molecule has 2 rings (SSSR count). The minimum atomic E-state index is -1.08. The summed E-state index contributed by atoms with van der Waals surface area (Å²) < 4.78 is 5.69. The van der Waals surface area contributed by atoms with Crippen molar-refractivity contribution >= 4 is 17.6 Å². The van der Waals surface area contributed by atoms with Crippen LogP contribution in [0.25, 0.3) is 0 Å². The number of carboxylic acids is 1. The Morgan fingerprint density at radius 2 is 2.05 bits per heavy atom. The Morgan fingerprint density at radius 1 is 1.41 bits per heavy atom. The van der Waals surface area contributed by atoms with Crippen LogP contribution in [0, 0.1) is 0 Å². The van der Waals surface area contributed by atoms with Crippen LogP contribution in [0.1, 0.15) is 31.3 Å². The van der Waals surface area contributed by atoms with Crippen molar-refractivity contribution in [2.24, 2.45) is 0 Å². The van der Waals surface area contributed by atoms with Gasteiger partial charge in [0.25, 0.3) is 5.91 Å². The van der Waals surface area contributed by atoms with Crippen LogP contribution in [0.4, 0.5) is 5.69 Å². The Balaban J connectivity index is 2.12. The smallest absolute Gasteiger partial charge is 0.325 e. The molecule has 120 valence electrons. The van der Waals surface area contributed by atoms with Gasteiger partial charge in [-0.2, -0.15) is 0 Å². The zero-order chi connectivity index (χ0) is 16.3. The Kier molecular flexibility index (Phi) is 4.97. The SMILES string of the molecule is CC1CN(c2ccnc(C(=O)NC(C)C(=O)O)c2)CC(C)O1. The van der Waals surface area contributed by atoms with E-state index in [-0.39, 0.29) is 17.9 Å². The summed E-state index contributed by atoms with van der Waals surface area (Å²) in [6.07, 6.45) is 1.78. The highest BCUT2D eigenvalue weighted by atomic mass is 16.5. The Labute approximate surface area is 129 Å². The van der Waals surface area contributed by atoms with Crippen molar-refractivity contribution in [1.82, 2.24) is 10.3 Å². The van der Waals surface area contributed by atoms with Crippen LogP contribution in [0.5, 0.6) is 0 Å². The van der Waals surface area contributed by atoms with Gasteiger partial charge in [-0.15, -0.1) is 0 Å². The highest BCUT2D eigenvalue weighted by molar-refractivity contribution is 5.95. The molecule has 2 N–H and O–H groups in total. The second kappa shape index (κ2) is 6.74. The van der Waals surface area contributed by atoms with Gasteiger partial charge in [-0.25, -0.2) is 0 Å². The van der Waals surface area contributed by atoms with Crippen molar-refractivity contribution in [3.8, 4) is 0 Å². The maximum absolute atomic E-state index is 12.0. The molecule has 3 atom stereocenters. The van der Waals surface area contributed by atoms with Crippen LogP contribution < -0.4 is 10.2 Å². The van der Waals surface area contributed by atoms with Crippen molar-refractivity contribution in [2.45, 2.75) is 39.0 Å². The van der Waals surface area contributed by atoms with Gasteiger partial charge in [-0.3, -0.25) is 14.6 Å². The van der Waals surface area contributed by atoms with E-state index in [1.54, 1.807) is 12.3 Å². The maximum Gasteiger partial charge on any atom is 0.325 e. The summed E-state index contributed by atoms with van der Waals surface area (Å²) in [5.41, 5.74) is 1.09. The molecule has 1 aromatic heterocycles. The van der Waals surface area contributed by atoms with E-state index in [0.717, 1.165) is 18.8 Å². The molecule has 1 aromatic rings. The normalized spacial score (nSPS) is 23.0. The van der Waals surface area contributed by atoms with E-state index < -0.39 is 17.9 Å². The minimum Gasteiger partial charge on any atom is -0.480 e. The molecule has 1 fully saturated rings. The molecule has 0 spiro atoms. The van der Waals surface area contributed by atoms with Gasteiger partial charge in [0.2, 0.25) is 0 Å². The summed E-state index contributed by atoms with van der Waals surface area (Å²) >= 11 is 0. The molecule has 7 nitrogen and oxygen atoms in total. The van der Waals surface area contributed by atoms with Crippen LogP contribution in [0.15, 0.2) is 18.3 Å². The number of nitrogens with zero attached hydrogens (tertiary/aromatic N) is 2. The fraction of sp³-hybridized carbons (Fsp3) is 0.533. The number of aliphatic carboxylic acids is 1. The minimum absolute atomic E-state index is 0.112. The number of hydrogen-bond donors (Lipinski definition) is 2. The van der Waals surface area contributed by atoms with E-state index in [1.807, 2.05) is 19.9 Å². The van der Waals surface area contributed by atoms with Gasteiger partial charge in [0.1, 0.15) is 11.7 Å². The van der Waals surface area contributed by atoms with E-state index in [0.29, 0.717) is 0 Å². The molecule has 3 unspecified atom stereocenters. The number of carbonyl (C=O) groups is 2. The molecule has 22 heavy (non-hydrogen) atoms. The van der Waals surface area contributed by atoms with Crippen LogP contribution in [-0.4, -0.2) is 53.3 Å². The average molecular weight is 307 g/mol. The van der Waals surface area contributed by atoms with E-state index in [1.165, 1.54) is 6.92 Å². The number of morpholine rings is 1. The fourth-order valence-electron chi connectivity index (χ4n) is 2.46. The number of nitrogens with one attached hydrogen (secondary N) is 1. The summed E-state index contributed by atoms with van der Waals surface area (Å²) in [5.74, 6) is -1.58. The van der Waals surface area contributed by atoms with Gasteiger partial charge >= 0.3 is 5.97 Å². The number of amides is 1. The Bertz CT molecular complexity index is 553. The van der Waals surface area contributed by atoms with E-state index in [2.05, 4.69) is 15.2 Å². The molecule has 1 saturated heterocycles. The van der Waals surface area contributed by atoms with Crippen molar-refractivity contribution in [3.63, 3.8) is 0 Å². The van der Waals surface area contributed by atoms with E-state index in [9.17, 15) is 9.59 Å². The summed E-state index contributed by atoms with van der Waals surface area (Å²) in [4.78, 5) is 29.0. The second-order valence-corrected chi connectivity index (χ2v) is 5.59. The molecular weight excluding hydrogens is 286 g/mol. The molecule has 1 amide bonds. The first-order valence-electron chi connectivity index (χ1n) is 7.27. The standard InChI is InChI=1S/C15H21N3O4/c1-9-7-18(8-10(2)22-9)12-4-5-16-13(6-12)14(19)17-11(3)15(20)21/h4-6,9-11H,7-8H2,1-3H3,(H,17,19)(H,20,21). The number of rotatable bonds is 4. The molecule has 0 radical (unpaired) electrons. The quantitative estimate of drug-likeness (QED) is 0.858. The number of carboxylic acid groups (broad SMARTS) is 1. The van der Waals surface area contributed by atoms with Crippen molar-refractivity contribution in [2.75, 3.05) is 18.0 Å². The van der Waals surface area contributed by atoms with Crippen LogP contribution >= 0.6 is 0 Å². The Hall–Kier alpha value is -2.15. The predicted molar refractivity (Wildman–Crippen MR) is 81.0 cm³/mol. The molecule has 0 aromatic carbocycles. The summed E-state index contributed by atoms with van der Waals surface area (Å²) in [7, 11) is 0. The second-order valence-electron chi connectivity index (χ2n) is 5.59. The number of aromatic nitrogens is 1. The molecule has 7 heteroatoms. The van der Waals surface area contributed by atoms with Crippen molar-refractivity contribution in [1.29, 1.82) is 0 Å². The summed E-state index contributed by atoms with van der Waals surface area (Å²) in [5, 5.41) is 11.2. The molecule has 2 heterocycles. The van der Waals surface area contributed by atoms with E-state index in [4.69, 9.17) is 9.84 Å². The highest BCUT2D eigenvalue weighted by Gasteiger charge is 2.23. The first-order valence-corrected chi connectivity index (χ1v) is 7.27. The molecule has 0 aliphatic carbocycles. The lowest BCUT2D eigenvalue weighted by Crippen LogP contribution is -2.45. The van der Waals surface area contributed by atoms with Gasteiger partial charge in [0.15, 0.2) is 0 Å². The number of hydrogen-bond acceptors (Lipinski definition) is 5. The molecule has 1 aliphatic rings. The molecule has 0 saturated carbocycles. The molecule has 0 bridgehead atoms. The largest absolute Gasteiger partial charge is 0.480 e. The monoisotopic (exact) mass is 307 g/mol. The zero-order valence-corrected chi connectivity index (χ0v) is 12.9. The summed E-state index contributed by atoms with van der Waals surface area (Å²) in [6.45, 7) is 6.90. The van der Waals surface area contributed by atoms with Crippen LogP contribution in [0.3, 0.4) is 0 Å². The first-order chi connectivity index (χ1) is 10.4. The number of ether oxygens (including phenoxy) is 1. The molecular formula is C15H21N3O4. The maximum atomic E-state index is 12.0. The summed E-state index contributed by atoms with van der Waals surface area (Å²) in [6, 6.07) is 2.55. The van der Waals surface area contributed by atoms with Gasteiger partial charge in [0.05, 0.1) is 12.2 Å². The third-order valence-corrected chi connectivity index (χ3v) is 3.48. The van der Waals surface area contributed by atoms with Gasteiger partial charge < -0.3 is 20.1 Å². The van der Waals surface area contributed by atoms with Crippen molar-refractivity contribution in [3.05, 3.63) is 24.0 Å². The van der Waals surface area contributed by atoms with Gasteiger partial charge in [-0.1, -0.05) is 0 Å². The lowest BCUT2D eigenvalue weighted by Gasteiger charge is -2.36. The predicted octanol–water partition coefficient (Wildman–Crippen LogP) is 0.898. The Morgan fingerprint density at radius 3 is 2.64 bits per heavy atom. The fourth-order valence-corrected chi connectivity index (χ4v) is 2.46. The third kappa shape index (κ3) is 3.94. The van der Waals surface area contributed by atoms with E-state index >= 15 is 0 Å². The molecule has 1 aliphatic heterocycles. The number of pyridine rings is 1. The first kappa shape index (κ1) is 16.2. The highest BCUT2D eigenvalue weighted by Crippen LogP contribution is 2.20. The number of anilines is 1. The topological polar surface area (TPSA) is 91.8 Å². The van der Waals surface area contributed by atoms with Gasteiger partial charge in [-0.05, 0) is 32.9 Å². The lowest BCUT2D eigenvalue weighted by molar-refractivity contribution is -0.138. The third-order valence-electron chi connectivity index (χ3n) is 3.48. The van der Waals surface area contributed by atoms with Gasteiger partial charge in [0, 0.05) is 25.0 Å². The van der Waals surface area contributed by atoms with Crippen LogP contribution in [-0.2, 0) is 9.53 Å². The zero-order valence-electron chi connectivity index (χ0n) is 12.9. The van der Waals surface area contributed by atoms with Crippen molar-refractivity contribution < 1.29 is 19.4 Å². The number of carbonyl (C=O) groups excluding carboxylic acids is 1. The average Bonchev–Trinajstić information content (AvgIpc) is 2.46.